The van der Waals surface area contributed by atoms with Gasteiger partial charge in [0.2, 0.25) is 0 Å². The zero-order valence-electron chi connectivity index (χ0n) is 17.5. The summed E-state index contributed by atoms with van der Waals surface area (Å²) in [6, 6.07) is 22.6. The van der Waals surface area contributed by atoms with E-state index in [4.69, 9.17) is 21.1 Å². The minimum Gasteiger partial charge on any atom is -0.496 e. The van der Waals surface area contributed by atoms with Crippen LogP contribution >= 0.6 is 11.6 Å². The topological polar surface area (TPSA) is 24.9 Å². The fraction of sp³-hybridized carbons (Fsp3) is 0.280. The number of benzene rings is 3. The molecular weight excluding hydrogens is 396 g/mol. The van der Waals surface area contributed by atoms with Crippen LogP contribution in [0.3, 0.4) is 0 Å². The third-order valence-corrected chi connectivity index (χ3v) is 5.84. The first kappa shape index (κ1) is 20.6. The first-order valence-corrected chi connectivity index (χ1v) is 10.6. The number of nitrogens with zero attached hydrogens (tertiary/aromatic N) is 2. The third-order valence-electron chi connectivity index (χ3n) is 5.60. The molecular formula is C25H27ClN2O2. The normalized spacial score (nSPS) is 14.6. The van der Waals surface area contributed by atoms with Crippen molar-refractivity contribution in [1.29, 1.82) is 0 Å². The number of halogens is 1. The first-order valence-electron chi connectivity index (χ1n) is 10.2. The number of ether oxygens (including phenoxy) is 2. The second-order valence-electron chi connectivity index (χ2n) is 7.48. The Morgan fingerprint density at radius 1 is 0.800 bits per heavy atom. The molecule has 1 aliphatic heterocycles. The Bertz CT molecular complexity index is 1000. The molecule has 0 aromatic heterocycles. The maximum absolute atomic E-state index is 6.21. The van der Waals surface area contributed by atoms with E-state index in [2.05, 4.69) is 46.2 Å². The average molecular weight is 423 g/mol. The lowest BCUT2D eigenvalue weighted by Gasteiger charge is -2.36. The molecule has 0 N–H and O–H groups in total. The highest BCUT2D eigenvalue weighted by molar-refractivity contribution is 6.30. The summed E-state index contributed by atoms with van der Waals surface area (Å²) in [4.78, 5) is 4.90. The number of hydrogen-bond donors (Lipinski definition) is 0. The molecule has 0 saturated carbocycles. The maximum Gasteiger partial charge on any atom is 0.142 e. The van der Waals surface area contributed by atoms with Crippen LogP contribution < -0.4 is 14.4 Å². The molecule has 30 heavy (non-hydrogen) atoms. The molecule has 1 aliphatic rings. The van der Waals surface area contributed by atoms with E-state index in [0.29, 0.717) is 0 Å². The van der Waals surface area contributed by atoms with Crippen molar-refractivity contribution in [2.45, 2.75) is 6.54 Å². The first-order chi connectivity index (χ1) is 14.7. The zero-order chi connectivity index (χ0) is 20.9. The van der Waals surface area contributed by atoms with Gasteiger partial charge in [-0.3, -0.25) is 4.90 Å². The Balaban J connectivity index is 1.46. The number of hydrogen-bond acceptors (Lipinski definition) is 4. The SMILES string of the molecule is COc1ccc(CN2CCN(c3ccccc3OC)CC2)cc1-c1cccc(Cl)c1. The molecule has 4 rings (SSSR count). The number of piperazine rings is 1. The number of para-hydroxylation sites is 2. The molecule has 1 saturated heterocycles. The molecule has 0 spiro atoms. The van der Waals surface area contributed by atoms with E-state index in [0.717, 1.165) is 60.4 Å². The number of rotatable bonds is 6. The zero-order valence-corrected chi connectivity index (χ0v) is 18.2. The fourth-order valence-electron chi connectivity index (χ4n) is 4.03. The molecule has 3 aromatic rings. The van der Waals surface area contributed by atoms with Crippen molar-refractivity contribution in [3.05, 3.63) is 77.3 Å². The molecule has 5 heteroatoms. The Morgan fingerprint density at radius 3 is 2.30 bits per heavy atom. The van der Waals surface area contributed by atoms with E-state index in [9.17, 15) is 0 Å². The Labute approximate surface area is 183 Å². The highest BCUT2D eigenvalue weighted by atomic mass is 35.5. The van der Waals surface area contributed by atoms with Crippen LogP contribution in [0.5, 0.6) is 11.5 Å². The molecule has 1 fully saturated rings. The lowest BCUT2D eigenvalue weighted by Crippen LogP contribution is -2.46. The van der Waals surface area contributed by atoms with Gasteiger partial charge in [0.15, 0.2) is 0 Å². The van der Waals surface area contributed by atoms with Gasteiger partial charge in [-0.1, -0.05) is 41.9 Å². The van der Waals surface area contributed by atoms with Gasteiger partial charge in [0.05, 0.1) is 19.9 Å². The van der Waals surface area contributed by atoms with Crippen molar-refractivity contribution >= 4 is 17.3 Å². The molecule has 0 radical (unpaired) electrons. The average Bonchev–Trinajstić information content (AvgIpc) is 2.79. The van der Waals surface area contributed by atoms with Gasteiger partial charge in [-0.05, 0) is 47.5 Å². The largest absolute Gasteiger partial charge is 0.496 e. The number of methoxy groups -OCH3 is 2. The summed E-state index contributed by atoms with van der Waals surface area (Å²) in [5, 5.41) is 0.729. The highest BCUT2D eigenvalue weighted by Gasteiger charge is 2.20. The standard InChI is InChI=1S/C25H27ClN2O2/c1-29-24-11-10-19(16-22(24)20-6-5-7-21(26)17-20)18-27-12-14-28(15-13-27)23-8-3-4-9-25(23)30-2/h3-11,16-17H,12-15,18H2,1-2H3. The molecule has 0 atom stereocenters. The molecule has 1 heterocycles. The molecule has 0 bridgehead atoms. The predicted octanol–water partition coefficient (Wildman–Crippen LogP) is 5.35. The highest BCUT2D eigenvalue weighted by Crippen LogP contribution is 2.33. The number of anilines is 1. The monoisotopic (exact) mass is 422 g/mol. The van der Waals surface area contributed by atoms with Crippen LogP contribution in [0.4, 0.5) is 5.69 Å². The predicted molar refractivity (Wildman–Crippen MR) is 124 cm³/mol. The molecule has 156 valence electrons. The van der Waals surface area contributed by atoms with Gasteiger partial charge in [-0.25, -0.2) is 0 Å². The van der Waals surface area contributed by atoms with Gasteiger partial charge in [-0.15, -0.1) is 0 Å². The quantitative estimate of drug-likeness (QED) is 0.534. The lowest BCUT2D eigenvalue weighted by molar-refractivity contribution is 0.249. The van der Waals surface area contributed by atoms with Crippen LogP contribution in [-0.4, -0.2) is 45.3 Å². The van der Waals surface area contributed by atoms with E-state index < -0.39 is 0 Å². The fourth-order valence-corrected chi connectivity index (χ4v) is 4.22. The van der Waals surface area contributed by atoms with Crippen LogP contribution in [0.2, 0.25) is 5.02 Å². The van der Waals surface area contributed by atoms with Gasteiger partial charge in [0.1, 0.15) is 11.5 Å². The minimum atomic E-state index is 0.729. The molecule has 4 nitrogen and oxygen atoms in total. The summed E-state index contributed by atoms with van der Waals surface area (Å²) in [6.45, 7) is 4.90. The van der Waals surface area contributed by atoms with E-state index in [-0.39, 0.29) is 0 Å². The Morgan fingerprint density at radius 2 is 1.57 bits per heavy atom. The van der Waals surface area contributed by atoms with E-state index in [1.54, 1.807) is 14.2 Å². The second-order valence-corrected chi connectivity index (χ2v) is 7.92. The summed E-state index contributed by atoms with van der Waals surface area (Å²) in [6.07, 6.45) is 0. The smallest absolute Gasteiger partial charge is 0.142 e. The van der Waals surface area contributed by atoms with E-state index >= 15 is 0 Å². The van der Waals surface area contributed by atoms with Gasteiger partial charge in [0.25, 0.3) is 0 Å². The van der Waals surface area contributed by atoms with Crippen molar-refractivity contribution in [1.82, 2.24) is 4.90 Å². The molecule has 0 amide bonds. The minimum absolute atomic E-state index is 0.729. The summed E-state index contributed by atoms with van der Waals surface area (Å²) >= 11 is 6.21. The van der Waals surface area contributed by atoms with Crippen molar-refractivity contribution in [2.75, 3.05) is 45.3 Å². The second kappa shape index (κ2) is 9.41. The molecule has 0 aliphatic carbocycles. The summed E-state index contributed by atoms with van der Waals surface area (Å²) in [7, 11) is 3.44. The van der Waals surface area contributed by atoms with E-state index in [1.807, 2.05) is 30.3 Å². The van der Waals surface area contributed by atoms with Crippen LogP contribution in [0.25, 0.3) is 11.1 Å². The summed E-state index contributed by atoms with van der Waals surface area (Å²) in [5.74, 6) is 1.80. The summed E-state index contributed by atoms with van der Waals surface area (Å²) in [5.41, 5.74) is 4.59. The van der Waals surface area contributed by atoms with Crippen LogP contribution in [0.1, 0.15) is 5.56 Å². The Kier molecular flexibility index (Phi) is 6.46. The van der Waals surface area contributed by atoms with Gasteiger partial charge >= 0.3 is 0 Å². The van der Waals surface area contributed by atoms with Gasteiger partial charge in [0, 0.05) is 43.3 Å². The molecule has 3 aromatic carbocycles. The molecule has 0 unspecified atom stereocenters. The van der Waals surface area contributed by atoms with Gasteiger partial charge < -0.3 is 14.4 Å². The lowest BCUT2D eigenvalue weighted by atomic mass is 10.0. The van der Waals surface area contributed by atoms with Crippen LogP contribution in [0, 0.1) is 0 Å². The Hall–Kier alpha value is -2.69. The van der Waals surface area contributed by atoms with Crippen LogP contribution in [-0.2, 0) is 6.54 Å². The van der Waals surface area contributed by atoms with Crippen molar-refractivity contribution < 1.29 is 9.47 Å². The summed E-state index contributed by atoms with van der Waals surface area (Å²) < 4.78 is 11.1. The van der Waals surface area contributed by atoms with E-state index in [1.165, 1.54) is 11.3 Å². The van der Waals surface area contributed by atoms with Crippen molar-refractivity contribution in [3.63, 3.8) is 0 Å². The van der Waals surface area contributed by atoms with Gasteiger partial charge in [-0.2, -0.15) is 0 Å². The maximum atomic E-state index is 6.21. The van der Waals surface area contributed by atoms with Crippen molar-refractivity contribution in [2.24, 2.45) is 0 Å². The third kappa shape index (κ3) is 4.55. The van der Waals surface area contributed by atoms with Crippen molar-refractivity contribution in [3.8, 4) is 22.6 Å². The van der Waals surface area contributed by atoms with Crippen LogP contribution in [0.15, 0.2) is 66.7 Å².